The number of fused-ring (bicyclic) bond motifs is 1. The van der Waals surface area contributed by atoms with Crippen LogP contribution in [0.25, 0.3) is 10.2 Å². The minimum atomic E-state index is -0.263. The van der Waals surface area contributed by atoms with Crippen molar-refractivity contribution in [3.05, 3.63) is 41.7 Å². The standard InChI is InChI=1S/C18H20FN5S/c1-24-7-4-12(5-8-24)21-15-3-2-13(10-14(15)19)22-18-20-11-17-16(23-18)6-9-25-17/h2-3,6,9-12,21H,4-5,7-8H2,1H3,(H,20,22,23). The molecule has 4 rings (SSSR count). The molecule has 7 heteroatoms. The molecule has 1 aliphatic heterocycles. The molecule has 0 aliphatic carbocycles. The van der Waals surface area contributed by atoms with Crippen molar-refractivity contribution in [1.29, 1.82) is 0 Å². The van der Waals surface area contributed by atoms with Crippen LogP contribution in [0.5, 0.6) is 0 Å². The van der Waals surface area contributed by atoms with E-state index in [1.807, 2.05) is 17.5 Å². The van der Waals surface area contributed by atoms with Crippen molar-refractivity contribution in [1.82, 2.24) is 14.9 Å². The van der Waals surface area contributed by atoms with Crippen LogP contribution < -0.4 is 10.6 Å². The third-order valence-electron chi connectivity index (χ3n) is 4.51. The van der Waals surface area contributed by atoms with Gasteiger partial charge in [0.25, 0.3) is 0 Å². The smallest absolute Gasteiger partial charge is 0.227 e. The normalized spacial score (nSPS) is 16.2. The zero-order valence-electron chi connectivity index (χ0n) is 14.0. The Morgan fingerprint density at radius 2 is 2.08 bits per heavy atom. The Kier molecular flexibility index (Phi) is 4.50. The number of rotatable bonds is 4. The van der Waals surface area contributed by atoms with Crippen molar-refractivity contribution in [2.45, 2.75) is 18.9 Å². The third-order valence-corrected chi connectivity index (χ3v) is 5.35. The summed E-state index contributed by atoms with van der Waals surface area (Å²) in [6.07, 6.45) is 3.84. The summed E-state index contributed by atoms with van der Waals surface area (Å²) < 4.78 is 15.5. The maximum atomic E-state index is 14.4. The van der Waals surface area contributed by atoms with Crippen LogP contribution in [0.15, 0.2) is 35.8 Å². The SMILES string of the molecule is CN1CCC(Nc2ccc(Nc3ncc4sccc4n3)cc2F)CC1. The Bertz CT molecular complexity index is 873. The lowest BCUT2D eigenvalue weighted by Gasteiger charge is -2.30. The summed E-state index contributed by atoms with van der Waals surface area (Å²) in [7, 11) is 2.12. The molecular weight excluding hydrogens is 337 g/mol. The molecule has 25 heavy (non-hydrogen) atoms. The number of nitrogens with one attached hydrogen (secondary N) is 2. The van der Waals surface area contributed by atoms with Crippen molar-refractivity contribution < 1.29 is 4.39 Å². The summed E-state index contributed by atoms with van der Waals surface area (Å²) in [6.45, 7) is 2.09. The summed E-state index contributed by atoms with van der Waals surface area (Å²) in [5, 5.41) is 8.37. The maximum Gasteiger partial charge on any atom is 0.227 e. The first kappa shape index (κ1) is 16.2. The molecule has 3 aromatic rings. The van der Waals surface area contributed by atoms with Crippen LogP contribution in [0.1, 0.15) is 12.8 Å². The van der Waals surface area contributed by atoms with Crippen LogP contribution in [0.4, 0.5) is 21.7 Å². The predicted octanol–water partition coefficient (Wildman–Crippen LogP) is 4.08. The molecule has 1 saturated heterocycles. The lowest BCUT2D eigenvalue weighted by atomic mass is 10.1. The molecule has 5 nitrogen and oxygen atoms in total. The fraction of sp³-hybridized carbons (Fsp3) is 0.333. The number of hydrogen-bond acceptors (Lipinski definition) is 6. The first-order valence-electron chi connectivity index (χ1n) is 8.39. The van der Waals surface area contributed by atoms with Gasteiger partial charge in [0, 0.05) is 11.7 Å². The average Bonchev–Trinajstić information content (AvgIpc) is 3.07. The van der Waals surface area contributed by atoms with Gasteiger partial charge in [-0.05, 0) is 62.6 Å². The van der Waals surface area contributed by atoms with Gasteiger partial charge in [0.15, 0.2) is 0 Å². The zero-order chi connectivity index (χ0) is 17.2. The van der Waals surface area contributed by atoms with E-state index in [-0.39, 0.29) is 5.82 Å². The molecule has 2 aromatic heterocycles. The van der Waals surface area contributed by atoms with E-state index >= 15 is 0 Å². The van der Waals surface area contributed by atoms with Gasteiger partial charge in [-0.2, -0.15) is 0 Å². The molecule has 0 spiro atoms. The van der Waals surface area contributed by atoms with Crippen molar-refractivity contribution in [3.8, 4) is 0 Å². The van der Waals surface area contributed by atoms with E-state index in [9.17, 15) is 4.39 Å². The number of halogens is 1. The molecule has 0 amide bonds. The summed E-state index contributed by atoms with van der Waals surface area (Å²) in [6, 6.07) is 7.38. The van der Waals surface area contributed by atoms with Gasteiger partial charge in [0.1, 0.15) is 5.82 Å². The Hall–Kier alpha value is -2.25. The van der Waals surface area contributed by atoms with E-state index < -0.39 is 0 Å². The van der Waals surface area contributed by atoms with E-state index in [4.69, 9.17) is 0 Å². The number of anilines is 3. The summed E-state index contributed by atoms with van der Waals surface area (Å²) in [4.78, 5) is 11.0. The molecule has 0 bridgehead atoms. The van der Waals surface area contributed by atoms with Gasteiger partial charge >= 0.3 is 0 Å². The zero-order valence-corrected chi connectivity index (χ0v) is 14.8. The number of aromatic nitrogens is 2. The quantitative estimate of drug-likeness (QED) is 0.737. The van der Waals surface area contributed by atoms with Gasteiger partial charge in [0.05, 0.1) is 22.1 Å². The number of nitrogens with zero attached hydrogens (tertiary/aromatic N) is 3. The van der Waals surface area contributed by atoms with E-state index in [1.54, 1.807) is 23.6 Å². The molecule has 1 aliphatic rings. The first-order valence-corrected chi connectivity index (χ1v) is 9.27. The molecule has 0 atom stereocenters. The van der Waals surface area contributed by atoms with Gasteiger partial charge in [-0.15, -0.1) is 11.3 Å². The molecule has 1 fully saturated rings. The fourth-order valence-corrected chi connectivity index (χ4v) is 3.73. The lowest BCUT2D eigenvalue weighted by Crippen LogP contribution is -2.36. The van der Waals surface area contributed by atoms with Gasteiger partial charge in [-0.25, -0.2) is 14.4 Å². The third kappa shape index (κ3) is 3.72. The van der Waals surface area contributed by atoms with Crippen LogP contribution in [0, 0.1) is 5.82 Å². The second kappa shape index (κ2) is 6.93. The van der Waals surface area contributed by atoms with Crippen LogP contribution >= 0.6 is 11.3 Å². The predicted molar refractivity (Wildman–Crippen MR) is 101 cm³/mol. The second-order valence-electron chi connectivity index (χ2n) is 6.41. The molecule has 0 saturated carbocycles. The Morgan fingerprint density at radius 1 is 1.24 bits per heavy atom. The van der Waals surface area contributed by atoms with Crippen LogP contribution in [-0.2, 0) is 0 Å². The van der Waals surface area contributed by atoms with Gasteiger partial charge < -0.3 is 15.5 Å². The van der Waals surface area contributed by atoms with E-state index in [2.05, 4.69) is 32.5 Å². The molecule has 1 aromatic carbocycles. The van der Waals surface area contributed by atoms with Crippen LogP contribution in [0.3, 0.4) is 0 Å². The highest BCUT2D eigenvalue weighted by Crippen LogP contribution is 2.25. The summed E-state index contributed by atoms with van der Waals surface area (Å²) >= 11 is 1.60. The topological polar surface area (TPSA) is 53.1 Å². The average molecular weight is 357 g/mol. The number of hydrogen-bond donors (Lipinski definition) is 2. The van der Waals surface area contributed by atoms with E-state index in [0.29, 0.717) is 23.4 Å². The lowest BCUT2D eigenvalue weighted by molar-refractivity contribution is 0.263. The number of likely N-dealkylation sites (tertiary alicyclic amines) is 1. The van der Waals surface area contributed by atoms with Crippen molar-refractivity contribution in [2.24, 2.45) is 0 Å². The maximum absolute atomic E-state index is 14.4. The largest absolute Gasteiger partial charge is 0.380 e. The molecule has 2 N–H and O–H groups in total. The molecule has 3 heterocycles. The molecule has 0 unspecified atom stereocenters. The Labute approximate surface area is 149 Å². The molecule has 0 radical (unpaired) electrons. The van der Waals surface area contributed by atoms with Gasteiger partial charge in [-0.3, -0.25) is 0 Å². The van der Waals surface area contributed by atoms with Crippen LogP contribution in [-0.4, -0.2) is 41.0 Å². The summed E-state index contributed by atoms with van der Waals surface area (Å²) in [5.41, 5.74) is 2.08. The van der Waals surface area contributed by atoms with Gasteiger partial charge in [0.2, 0.25) is 5.95 Å². The van der Waals surface area contributed by atoms with Crippen LogP contribution in [0.2, 0.25) is 0 Å². The van der Waals surface area contributed by atoms with Crippen molar-refractivity contribution >= 4 is 38.9 Å². The van der Waals surface area contributed by atoms with Crippen molar-refractivity contribution in [2.75, 3.05) is 30.8 Å². The van der Waals surface area contributed by atoms with Crippen molar-refractivity contribution in [3.63, 3.8) is 0 Å². The first-order chi connectivity index (χ1) is 12.2. The number of piperidine rings is 1. The highest BCUT2D eigenvalue weighted by Gasteiger charge is 2.17. The Balaban J connectivity index is 1.45. The minimum Gasteiger partial charge on any atom is -0.380 e. The minimum absolute atomic E-state index is 0.263. The van der Waals surface area contributed by atoms with Gasteiger partial charge in [-0.1, -0.05) is 0 Å². The number of benzene rings is 1. The monoisotopic (exact) mass is 357 g/mol. The highest BCUT2D eigenvalue weighted by atomic mass is 32.1. The van der Waals surface area contributed by atoms with E-state index in [0.717, 1.165) is 36.1 Å². The number of thiophene rings is 1. The van der Waals surface area contributed by atoms with E-state index in [1.165, 1.54) is 6.07 Å². The molecule has 130 valence electrons. The fourth-order valence-electron chi connectivity index (χ4n) is 3.04. The highest BCUT2D eigenvalue weighted by molar-refractivity contribution is 7.17. The Morgan fingerprint density at radius 3 is 2.88 bits per heavy atom. The molecular formula is C18H20FN5S. The summed E-state index contributed by atoms with van der Waals surface area (Å²) in [5.74, 6) is 0.210. The second-order valence-corrected chi connectivity index (χ2v) is 7.35.